The van der Waals surface area contributed by atoms with Crippen molar-refractivity contribution in [2.75, 3.05) is 0 Å². The summed E-state index contributed by atoms with van der Waals surface area (Å²) < 4.78 is 3.61. The van der Waals surface area contributed by atoms with Crippen molar-refractivity contribution >= 4 is 53.3 Å². The molecular formula is C14H22I2Si. The van der Waals surface area contributed by atoms with Gasteiger partial charge in [0.2, 0.25) is 0 Å². The Balaban J connectivity index is 2.62. The van der Waals surface area contributed by atoms with Crippen molar-refractivity contribution in [1.29, 1.82) is 0 Å². The second-order valence-electron chi connectivity index (χ2n) is 5.97. The van der Waals surface area contributed by atoms with Gasteiger partial charge in [0.25, 0.3) is 0 Å². The van der Waals surface area contributed by atoms with Gasteiger partial charge in [-0.2, -0.15) is 0 Å². The van der Waals surface area contributed by atoms with Crippen LogP contribution < -0.4 is 0 Å². The monoisotopic (exact) mass is 472 g/mol. The number of hydrogen-bond donors (Lipinski definition) is 0. The number of fused-ring (bicyclic) bond motifs is 1. The highest BCUT2D eigenvalue weighted by Gasteiger charge is 2.51. The van der Waals surface area contributed by atoms with Gasteiger partial charge in [-0.15, -0.1) is 0 Å². The van der Waals surface area contributed by atoms with Crippen LogP contribution >= 0.6 is 45.2 Å². The van der Waals surface area contributed by atoms with Crippen LogP contribution in [0.3, 0.4) is 0 Å². The van der Waals surface area contributed by atoms with E-state index in [4.69, 9.17) is 0 Å². The molecule has 1 saturated carbocycles. The van der Waals surface area contributed by atoms with Crippen LogP contribution in [-0.4, -0.2) is 8.07 Å². The first-order valence-electron chi connectivity index (χ1n) is 6.72. The third-order valence-corrected chi connectivity index (χ3v) is 16.9. The van der Waals surface area contributed by atoms with Gasteiger partial charge >= 0.3 is 0 Å². The van der Waals surface area contributed by atoms with Gasteiger partial charge in [0.05, 0.1) is 0 Å². The number of allylic oxidation sites excluding steroid dienone is 2. The van der Waals surface area contributed by atoms with Gasteiger partial charge in [-0.1, -0.05) is 72.9 Å². The van der Waals surface area contributed by atoms with Crippen molar-refractivity contribution < 1.29 is 0 Å². The van der Waals surface area contributed by atoms with Crippen LogP contribution in [-0.2, 0) is 0 Å². The predicted octanol–water partition coefficient (Wildman–Crippen LogP) is 6.30. The SMILES string of the molecule is CC(C)[Si]1(C(C)C)C(I)=C2CCCCC2=C1I. The molecule has 0 aromatic heterocycles. The van der Waals surface area contributed by atoms with Gasteiger partial charge in [-0.25, -0.2) is 0 Å². The average molecular weight is 472 g/mol. The lowest BCUT2D eigenvalue weighted by atomic mass is 9.92. The van der Waals surface area contributed by atoms with Gasteiger partial charge in [0, 0.05) is 0 Å². The van der Waals surface area contributed by atoms with E-state index in [1.54, 1.807) is 17.6 Å². The van der Waals surface area contributed by atoms with E-state index in [0.29, 0.717) is 0 Å². The molecule has 1 heterocycles. The van der Waals surface area contributed by atoms with Gasteiger partial charge < -0.3 is 0 Å². The average Bonchev–Trinajstić information content (AvgIpc) is 2.50. The number of hydrogen-bond acceptors (Lipinski definition) is 0. The minimum Gasteiger partial charge on any atom is -0.0645 e. The maximum atomic E-state index is 2.72. The molecule has 2 aliphatic rings. The molecular weight excluding hydrogens is 450 g/mol. The van der Waals surface area contributed by atoms with E-state index in [9.17, 15) is 0 Å². The summed E-state index contributed by atoms with van der Waals surface area (Å²) in [5.74, 6) is 0. The van der Waals surface area contributed by atoms with Crippen molar-refractivity contribution in [2.45, 2.75) is 64.5 Å². The van der Waals surface area contributed by atoms with Crippen LogP contribution in [0.1, 0.15) is 53.4 Å². The molecule has 0 nitrogen and oxygen atoms in total. The van der Waals surface area contributed by atoms with Gasteiger partial charge in [0.15, 0.2) is 0 Å². The maximum absolute atomic E-state index is 2.72. The van der Waals surface area contributed by atoms with Crippen LogP contribution in [0.25, 0.3) is 0 Å². The Morgan fingerprint density at radius 1 is 0.824 bits per heavy atom. The van der Waals surface area contributed by atoms with Gasteiger partial charge in [-0.05, 0) is 54.3 Å². The zero-order chi connectivity index (χ0) is 12.8. The third kappa shape index (κ3) is 2.02. The van der Waals surface area contributed by atoms with E-state index in [1.807, 2.05) is 0 Å². The normalized spacial score (nSPS) is 24.0. The van der Waals surface area contributed by atoms with Crippen molar-refractivity contribution in [3.63, 3.8) is 0 Å². The molecule has 0 spiro atoms. The Kier molecular flexibility index (Phi) is 4.51. The summed E-state index contributed by atoms with van der Waals surface area (Å²) in [5, 5.41) is 0. The quantitative estimate of drug-likeness (QED) is 0.327. The Hall–Kier alpha value is 1.16. The van der Waals surface area contributed by atoms with Gasteiger partial charge in [-0.3, -0.25) is 0 Å². The molecule has 0 bridgehead atoms. The largest absolute Gasteiger partial charge is 0.139 e. The summed E-state index contributed by atoms with van der Waals surface area (Å²) in [4.78, 5) is 0. The van der Waals surface area contributed by atoms with Crippen LogP contribution in [0.2, 0.25) is 11.1 Å². The zero-order valence-electron chi connectivity index (χ0n) is 11.2. The molecule has 0 amide bonds. The molecule has 0 atom stereocenters. The highest BCUT2D eigenvalue weighted by Crippen LogP contribution is 2.58. The standard InChI is InChI=1S/C14H22I2Si/c1-9(2)17(10(3)4)13(15)11-7-5-6-8-12(11)14(17)16/h9-10H,5-8H2,1-4H3. The minimum absolute atomic E-state index is 0.840. The lowest BCUT2D eigenvalue weighted by Crippen LogP contribution is -2.41. The van der Waals surface area contributed by atoms with E-state index < -0.39 is 8.07 Å². The first-order chi connectivity index (χ1) is 7.94. The number of rotatable bonds is 2. The Labute approximate surface area is 134 Å². The Morgan fingerprint density at radius 2 is 1.18 bits per heavy atom. The van der Waals surface area contributed by atoms with Crippen molar-refractivity contribution in [1.82, 2.24) is 0 Å². The molecule has 1 fully saturated rings. The van der Waals surface area contributed by atoms with Crippen LogP contribution in [0, 0.1) is 0 Å². The van der Waals surface area contributed by atoms with E-state index >= 15 is 0 Å². The van der Waals surface area contributed by atoms with Gasteiger partial charge in [0.1, 0.15) is 8.07 Å². The molecule has 0 N–H and O–H groups in total. The summed E-state index contributed by atoms with van der Waals surface area (Å²) in [5.41, 5.74) is 5.23. The fourth-order valence-electron chi connectivity index (χ4n) is 3.67. The first kappa shape index (κ1) is 14.6. The zero-order valence-corrected chi connectivity index (χ0v) is 16.6. The van der Waals surface area contributed by atoms with E-state index in [-0.39, 0.29) is 0 Å². The smallest absolute Gasteiger partial charge is 0.0645 e. The minimum atomic E-state index is -1.39. The Morgan fingerprint density at radius 3 is 1.47 bits per heavy atom. The second kappa shape index (κ2) is 5.27. The molecule has 0 unspecified atom stereocenters. The molecule has 0 aromatic rings. The molecule has 3 heteroatoms. The van der Waals surface area contributed by atoms with E-state index in [0.717, 1.165) is 11.1 Å². The molecule has 0 aromatic carbocycles. The third-order valence-electron chi connectivity index (χ3n) is 4.55. The summed E-state index contributed by atoms with van der Waals surface area (Å²) in [6.45, 7) is 9.84. The summed E-state index contributed by atoms with van der Waals surface area (Å²) in [7, 11) is -1.39. The topological polar surface area (TPSA) is 0 Å². The fourth-order valence-corrected chi connectivity index (χ4v) is 20.6. The van der Waals surface area contributed by atoms with Crippen LogP contribution in [0.5, 0.6) is 0 Å². The molecule has 2 rings (SSSR count). The number of halogens is 2. The van der Waals surface area contributed by atoms with Crippen LogP contribution in [0.4, 0.5) is 0 Å². The molecule has 17 heavy (non-hydrogen) atoms. The maximum Gasteiger partial charge on any atom is 0.139 e. The van der Waals surface area contributed by atoms with Crippen molar-refractivity contribution in [3.05, 3.63) is 17.6 Å². The molecule has 1 aliphatic carbocycles. The lowest BCUT2D eigenvalue weighted by Gasteiger charge is -2.37. The highest BCUT2D eigenvalue weighted by atomic mass is 127. The highest BCUT2D eigenvalue weighted by molar-refractivity contribution is 14.1. The van der Waals surface area contributed by atoms with Crippen LogP contribution in [0.15, 0.2) is 17.6 Å². The Bertz CT molecular complexity index is 353. The van der Waals surface area contributed by atoms with Crippen molar-refractivity contribution in [2.24, 2.45) is 0 Å². The summed E-state index contributed by atoms with van der Waals surface area (Å²) >= 11 is 5.44. The molecule has 1 aliphatic heterocycles. The van der Waals surface area contributed by atoms with E-state index in [1.165, 1.54) is 25.7 Å². The summed E-state index contributed by atoms with van der Waals surface area (Å²) in [6.07, 6.45) is 5.54. The predicted molar refractivity (Wildman–Crippen MR) is 96.5 cm³/mol. The lowest BCUT2D eigenvalue weighted by molar-refractivity contribution is 0.682. The fraction of sp³-hybridized carbons (Fsp3) is 0.714. The molecule has 96 valence electrons. The van der Waals surface area contributed by atoms with Crippen molar-refractivity contribution in [3.8, 4) is 0 Å². The second-order valence-corrected chi connectivity index (χ2v) is 15.2. The first-order valence-corrected chi connectivity index (χ1v) is 11.0. The molecule has 0 saturated heterocycles. The molecule has 0 radical (unpaired) electrons. The van der Waals surface area contributed by atoms with E-state index in [2.05, 4.69) is 72.9 Å². The summed E-state index contributed by atoms with van der Waals surface area (Å²) in [6, 6.07) is 0.